The van der Waals surface area contributed by atoms with Crippen molar-refractivity contribution in [1.29, 1.82) is 0 Å². The topological polar surface area (TPSA) is 124 Å². The summed E-state index contributed by atoms with van der Waals surface area (Å²) in [6.07, 6.45) is -1.31. The van der Waals surface area contributed by atoms with Gasteiger partial charge in [0, 0.05) is 32.3 Å². The molecule has 2 aliphatic rings. The molecule has 2 fully saturated rings. The Hall–Kier alpha value is -2.30. The molecule has 5 rings (SSSR count). The molecule has 0 spiro atoms. The molecule has 0 aliphatic carbocycles. The third-order valence-corrected chi connectivity index (χ3v) is 8.67. The summed E-state index contributed by atoms with van der Waals surface area (Å²) in [6, 6.07) is 3.23. The minimum absolute atomic E-state index is 0.0251. The summed E-state index contributed by atoms with van der Waals surface area (Å²) < 4.78 is 68.0. The Kier molecular flexibility index (Phi) is 6.72. The number of halogens is 2. The van der Waals surface area contributed by atoms with Gasteiger partial charge in [0.15, 0.2) is 5.01 Å². The van der Waals surface area contributed by atoms with Crippen molar-refractivity contribution in [2.75, 3.05) is 44.9 Å². The van der Waals surface area contributed by atoms with Crippen LogP contribution in [0.25, 0.3) is 16.2 Å². The molecule has 2 N–H and O–H groups in total. The van der Waals surface area contributed by atoms with Crippen molar-refractivity contribution in [3.05, 3.63) is 23.5 Å². The average Bonchev–Trinajstić information content (AvgIpc) is 3.44. The fourth-order valence-corrected chi connectivity index (χ4v) is 6.66. The van der Waals surface area contributed by atoms with Crippen molar-refractivity contribution in [2.24, 2.45) is 0 Å². The number of methoxy groups -OCH3 is 1. The number of rotatable bonds is 8. The van der Waals surface area contributed by atoms with Crippen LogP contribution in [-0.2, 0) is 19.5 Å². The van der Waals surface area contributed by atoms with E-state index in [1.165, 1.54) is 17.0 Å². The molecule has 0 amide bonds. The minimum atomic E-state index is -3.94. The van der Waals surface area contributed by atoms with Crippen LogP contribution in [0.15, 0.2) is 23.4 Å². The second-order valence-electron chi connectivity index (χ2n) is 9.43. The molecule has 0 radical (unpaired) electrons. The monoisotopic (exact) mass is 543 g/mol. The predicted octanol–water partition coefficient (Wildman–Crippen LogP) is 1.69. The van der Waals surface area contributed by atoms with Crippen molar-refractivity contribution >= 4 is 38.1 Å². The van der Waals surface area contributed by atoms with Gasteiger partial charge in [0.2, 0.25) is 15.2 Å². The van der Waals surface area contributed by atoms with E-state index in [0.717, 1.165) is 11.3 Å². The standard InChI is InChI=1S/C21H27F2N7O4S2/c1-12-6-29(7-13(25-12)8-33-3)15-4-14(36(31,32)28-21(2)9-34-10-21)5-16-17(15)24-11-30(16)20-27-26-19(35-20)18(22)23/h4-5,11-13,18,25,28H,6-10H2,1-3H3/t12-,13+/m0/s1. The van der Waals surface area contributed by atoms with E-state index in [1.54, 1.807) is 20.1 Å². The van der Waals surface area contributed by atoms with Crippen molar-refractivity contribution in [3.63, 3.8) is 0 Å². The predicted molar refractivity (Wildman–Crippen MR) is 130 cm³/mol. The number of nitrogens with zero attached hydrogens (tertiary/aromatic N) is 5. The van der Waals surface area contributed by atoms with Gasteiger partial charge in [-0.05, 0) is 26.0 Å². The molecule has 15 heteroatoms. The lowest BCUT2D eigenvalue weighted by Crippen LogP contribution is -2.59. The zero-order valence-electron chi connectivity index (χ0n) is 19.9. The first-order chi connectivity index (χ1) is 17.1. The maximum atomic E-state index is 13.4. The number of alkyl halides is 2. The van der Waals surface area contributed by atoms with Crippen LogP contribution in [0, 0.1) is 0 Å². The summed E-state index contributed by atoms with van der Waals surface area (Å²) in [5.74, 6) is 0. The van der Waals surface area contributed by atoms with Gasteiger partial charge in [-0.25, -0.2) is 26.9 Å². The quantitative estimate of drug-likeness (QED) is 0.437. The van der Waals surface area contributed by atoms with E-state index in [-0.39, 0.29) is 35.3 Å². The number of ether oxygens (including phenoxy) is 2. The summed E-state index contributed by atoms with van der Waals surface area (Å²) in [6.45, 7) is 6.02. The van der Waals surface area contributed by atoms with Crippen molar-refractivity contribution in [2.45, 2.75) is 42.8 Å². The normalized spacial score (nSPS) is 22.3. The second-order valence-corrected chi connectivity index (χ2v) is 12.1. The number of hydrogen-bond donors (Lipinski definition) is 2. The van der Waals surface area contributed by atoms with Gasteiger partial charge in [0.1, 0.15) is 11.8 Å². The number of benzene rings is 1. The molecule has 1 aromatic carbocycles. The third kappa shape index (κ3) is 4.82. The lowest BCUT2D eigenvalue weighted by Gasteiger charge is -2.39. The lowest BCUT2D eigenvalue weighted by molar-refractivity contribution is -0.0523. The minimum Gasteiger partial charge on any atom is -0.383 e. The highest BCUT2D eigenvalue weighted by Gasteiger charge is 2.38. The van der Waals surface area contributed by atoms with Crippen LogP contribution >= 0.6 is 11.3 Å². The zero-order valence-corrected chi connectivity index (χ0v) is 21.6. The molecular weight excluding hydrogens is 516 g/mol. The second kappa shape index (κ2) is 9.54. The Morgan fingerprint density at radius 3 is 2.75 bits per heavy atom. The summed E-state index contributed by atoms with van der Waals surface area (Å²) in [7, 11) is -2.32. The van der Waals surface area contributed by atoms with Crippen LogP contribution < -0.4 is 14.9 Å². The van der Waals surface area contributed by atoms with Crippen LogP contribution in [0.2, 0.25) is 0 Å². The third-order valence-electron chi connectivity index (χ3n) is 6.12. The number of imidazole rings is 1. The van der Waals surface area contributed by atoms with Crippen LogP contribution in [0.4, 0.5) is 14.5 Å². The maximum absolute atomic E-state index is 13.4. The number of hydrogen-bond acceptors (Lipinski definition) is 10. The maximum Gasteiger partial charge on any atom is 0.291 e. The summed E-state index contributed by atoms with van der Waals surface area (Å²) in [5, 5.41) is 10.7. The van der Waals surface area contributed by atoms with Crippen molar-refractivity contribution < 1.29 is 26.7 Å². The largest absolute Gasteiger partial charge is 0.383 e. The van der Waals surface area contributed by atoms with Gasteiger partial charge in [-0.15, -0.1) is 10.2 Å². The van der Waals surface area contributed by atoms with E-state index >= 15 is 0 Å². The first-order valence-electron chi connectivity index (χ1n) is 11.3. The fraction of sp³-hybridized carbons (Fsp3) is 0.571. The van der Waals surface area contributed by atoms with Gasteiger partial charge < -0.3 is 19.7 Å². The van der Waals surface area contributed by atoms with Crippen LogP contribution in [0.3, 0.4) is 0 Å². The molecule has 2 atom stereocenters. The average molecular weight is 544 g/mol. The SMILES string of the molecule is COC[C@H]1CN(c2cc(S(=O)(=O)NC3(C)COC3)cc3c2ncn3-c2nnc(C(F)F)s2)C[C@H](C)N1. The molecule has 0 unspecified atom stereocenters. The molecule has 11 nitrogen and oxygen atoms in total. The van der Waals surface area contributed by atoms with E-state index in [0.29, 0.717) is 36.4 Å². The van der Waals surface area contributed by atoms with E-state index in [4.69, 9.17) is 9.47 Å². The highest BCUT2D eigenvalue weighted by molar-refractivity contribution is 7.89. The van der Waals surface area contributed by atoms with E-state index in [1.807, 2.05) is 6.92 Å². The van der Waals surface area contributed by atoms with Crippen molar-refractivity contribution in [1.82, 2.24) is 29.8 Å². The Morgan fingerprint density at radius 2 is 2.11 bits per heavy atom. The van der Waals surface area contributed by atoms with Crippen LogP contribution in [-0.4, -0.2) is 85.8 Å². The van der Waals surface area contributed by atoms with Gasteiger partial charge >= 0.3 is 0 Å². The van der Waals surface area contributed by atoms with Crippen LogP contribution in [0.1, 0.15) is 25.3 Å². The zero-order chi connectivity index (χ0) is 25.7. The van der Waals surface area contributed by atoms with Crippen LogP contribution in [0.5, 0.6) is 0 Å². The highest BCUT2D eigenvalue weighted by atomic mass is 32.2. The Morgan fingerprint density at radius 1 is 1.33 bits per heavy atom. The van der Waals surface area contributed by atoms with Gasteiger partial charge in [-0.2, -0.15) is 0 Å². The van der Waals surface area contributed by atoms with E-state index < -0.39 is 27.0 Å². The number of fused-ring (bicyclic) bond motifs is 1. The first-order valence-corrected chi connectivity index (χ1v) is 13.6. The Bertz CT molecular complexity index is 1360. The molecule has 0 saturated carbocycles. The van der Waals surface area contributed by atoms with Gasteiger partial charge in [0.25, 0.3) is 6.43 Å². The van der Waals surface area contributed by atoms with E-state index in [9.17, 15) is 17.2 Å². The Labute approximate surface area is 210 Å². The molecule has 4 heterocycles. The molecule has 2 aliphatic heterocycles. The Balaban J connectivity index is 1.63. The summed E-state index contributed by atoms with van der Waals surface area (Å²) >= 11 is 0.727. The molecule has 2 saturated heterocycles. The molecule has 2 aromatic heterocycles. The summed E-state index contributed by atoms with van der Waals surface area (Å²) in [5.41, 5.74) is 0.877. The van der Waals surface area contributed by atoms with Gasteiger partial charge in [0.05, 0.1) is 41.5 Å². The lowest BCUT2D eigenvalue weighted by atomic mass is 10.0. The number of sulfonamides is 1. The number of anilines is 1. The smallest absolute Gasteiger partial charge is 0.291 e. The molecule has 0 bridgehead atoms. The molecular formula is C21H27F2N7O4S2. The van der Waals surface area contributed by atoms with Gasteiger partial charge in [-0.3, -0.25) is 4.57 Å². The van der Waals surface area contributed by atoms with Gasteiger partial charge in [-0.1, -0.05) is 11.3 Å². The van der Waals surface area contributed by atoms with Crippen molar-refractivity contribution in [3.8, 4) is 5.13 Å². The first kappa shape index (κ1) is 25.4. The number of aromatic nitrogens is 4. The number of piperazine rings is 1. The highest BCUT2D eigenvalue weighted by Crippen LogP contribution is 2.34. The number of nitrogens with one attached hydrogen (secondary N) is 2. The fourth-order valence-electron chi connectivity index (χ4n) is 4.56. The molecule has 3 aromatic rings. The van der Waals surface area contributed by atoms with E-state index in [2.05, 4.69) is 30.1 Å². The summed E-state index contributed by atoms with van der Waals surface area (Å²) in [4.78, 5) is 6.64. The molecule has 36 heavy (non-hydrogen) atoms. The molecule has 196 valence electrons.